The Morgan fingerprint density at radius 2 is 2.23 bits per heavy atom. The quantitative estimate of drug-likeness (QED) is 0.662. The van der Waals surface area contributed by atoms with E-state index in [-0.39, 0.29) is 18.2 Å². The van der Waals surface area contributed by atoms with Crippen LogP contribution in [0.1, 0.15) is 26.2 Å². The Kier molecular flexibility index (Phi) is 3.28. The van der Waals surface area contributed by atoms with Gasteiger partial charge in [0, 0.05) is 12.6 Å². The summed E-state index contributed by atoms with van der Waals surface area (Å²) in [7, 11) is -3.06. The lowest BCUT2D eigenvalue weighted by molar-refractivity contribution is 0.319. The minimum Gasteiger partial charge on any atom is -0.212 e. The number of rotatable bonds is 2. The van der Waals surface area contributed by atoms with Gasteiger partial charge in [-0.25, -0.2) is 8.42 Å². The van der Waals surface area contributed by atoms with Gasteiger partial charge in [0.25, 0.3) is 0 Å². The number of hydrogen-bond acceptors (Lipinski definition) is 3. The van der Waals surface area contributed by atoms with Crippen molar-refractivity contribution in [1.82, 2.24) is 4.31 Å². The molecule has 74 valence electrons. The van der Waals surface area contributed by atoms with Gasteiger partial charge in [-0.2, -0.15) is 9.57 Å². The fourth-order valence-corrected chi connectivity index (χ4v) is 3.37. The van der Waals surface area contributed by atoms with Crippen molar-refractivity contribution in [2.45, 2.75) is 32.2 Å². The highest BCUT2D eigenvalue weighted by Gasteiger charge is 2.29. The zero-order valence-electron chi connectivity index (χ0n) is 7.73. The molecule has 0 aromatic heterocycles. The summed E-state index contributed by atoms with van der Waals surface area (Å²) in [5.74, 6) is 0.239. The van der Waals surface area contributed by atoms with Gasteiger partial charge in [-0.15, -0.1) is 0 Å². The van der Waals surface area contributed by atoms with Crippen LogP contribution in [0.5, 0.6) is 0 Å². The van der Waals surface area contributed by atoms with E-state index in [0.29, 0.717) is 6.54 Å². The second-order valence-electron chi connectivity index (χ2n) is 3.35. The molecule has 1 unspecified atom stereocenters. The third-order valence-electron chi connectivity index (χ3n) is 2.27. The van der Waals surface area contributed by atoms with Gasteiger partial charge in [-0.1, -0.05) is 0 Å². The highest BCUT2D eigenvalue weighted by molar-refractivity contribution is 7.89. The Hall–Kier alpha value is -0.600. The van der Waals surface area contributed by atoms with Crippen LogP contribution in [0.15, 0.2) is 0 Å². The molecule has 1 aliphatic heterocycles. The molecule has 0 N–H and O–H groups in total. The molecule has 0 amide bonds. The van der Waals surface area contributed by atoms with Gasteiger partial charge in [0.05, 0.1) is 18.2 Å². The van der Waals surface area contributed by atoms with Crippen LogP contribution in [-0.4, -0.2) is 31.1 Å². The van der Waals surface area contributed by atoms with E-state index in [9.17, 15) is 8.42 Å². The molecular weight excluding hydrogens is 188 g/mol. The van der Waals surface area contributed by atoms with E-state index >= 15 is 0 Å². The van der Waals surface area contributed by atoms with Crippen molar-refractivity contribution >= 4 is 10.0 Å². The van der Waals surface area contributed by atoms with Gasteiger partial charge < -0.3 is 0 Å². The monoisotopic (exact) mass is 202 g/mol. The zero-order valence-corrected chi connectivity index (χ0v) is 8.55. The Morgan fingerprint density at radius 3 is 2.77 bits per heavy atom. The van der Waals surface area contributed by atoms with Gasteiger partial charge in [-0.05, 0) is 19.8 Å². The number of nitrogens with zero attached hydrogens (tertiary/aromatic N) is 2. The van der Waals surface area contributed by atoms with E-state index < -0.39 is 10.0 Å². The lowest BCUT2D eigenvalue weighted by Gasteiger charge is -2.30. The molecule has 1 heterocycles. The van der Waals surface area contributed by atoms with Crippen molar-refractivity contribution in [3.05, 3.63) is 0 Å². The van der Waals surface area contributed by atoms with Crippen molar-refractivity contribution in [1.29, 1.82) is 5.26 Å². The fraction of sp³-hybridized carbons (Fsp3) is 0.875. The van der Waals surface area contributed by atoms with E-state index in [0.717, 1.165) is 12.8 Å². The van der Waals surface area contributed by atoms with Crippen LogP contribution in [0.3, 0.4) is 0 Å². The first-order valence-corrected chi connectivity index (χ1v) is 6.05. The number of hydrogen-bond donors (Lipinski definition) is 0. The predicted molar refractivity (Wildman–Crippen MR) is 49.4 cm³/mol. The first kappa shape index (κ1) is 10.5. The van der Waals surface area contributed by atoms with Crippen LogP contribution >= 0.6 is 0 Å². The standard InChI is InChI=1S/C8H14N2O2S/c1-8(4-5-9)10-6-2-3-7-13(10,11)12/h8H,2-4,6-7H2,1H3. The molecule has 0 aromatic carbocycles. The SMILES string of the molecule is CC(CC#N)N1CCCCS1(=O)=O. The molecule has 1 aliphatic rings. The van der Waals surface area contributed by atoms with Crippen LogP contribution in [0.25, 0.3) is 0 Å². The maximum atomic E-state index is 11.5. The fourth-order valence-electron chi connectivity index (χ4n) is 1.54. The summed E-state index contributed by atoms with van der Waals surface area (Å²) in [6.45, 7) is 2.36. The van der Waals surface area contributed by atoms with E-state index in [1.54, 1.807) is 6.92 Å². The molecule has 1 saturated heterocycles. The number of nitriles is 1. The smallest absolute Gasteiger partial charge is 0.212 e. The van der Waals surface area contributed by atoms with Gasteiger partial charge in [0.1, 0.15) is 0 Å². The Bertz CT molecular complexity index is 305. The molecule has 5 heteroatoms. The lowest BCUT2D eigenvalue weighted by atomic mass is 10.2. The minimum absolute atomic E-state index is 0.171. The Labute approximate surface area is 79.2 Å². The topological polar surface area (TPSA) is 61.2 Å². The second-order valence-corrected chi connectivity index (χ2v) is 5.39. The third kappa shape index (κ3) is 2.42. The van der Waals surface area contributed by atoms with Gasteiger partial charge in [0.2, 0.25) is 10.0 Å². The average molecular weight is 202 g/mol. The molecule has 0 radical (unpaired) electrons. The summed E-state index contributed by atoms with van der Waals surface area (Å²) in [6, 6.07) is 1.83. The second kappa shape index (κ2) is 4.07. The molecular formula is C8H14N2O2S. The van der Waals surface area contributed by atoms with Crippen molar-refractivity contribution in [2.75, 3.05) is 12.3 Å². The molecule has 0 bridgehead atoms. The van der Waals surface area contributed by atoms with Crippen LogP contribution < -0.4 is 0 Å². The van der Waals surface area contributed by atoms with E-state index in [4.69, 9.17) is 5.26 Å². The van der Waals surface area contributed by atoms with E-state index in [1.165, 1.54) is 4.31 Å². The summed E-state index contributed by atoms with van der Waals surface area (Å²) in [4.78, 5) is 0. The molecule has 4 nitrogen and oxygen atoms in total. The highest BCUT2D eigenvalue weighted by atomic mass is 32.2. The van der Waals surface area contributed by atoms with Crippen LogP contribution in [0.2, 0.25) is 0 Å². The zero-order chi connectivity index (χ0) is 9.90. The summed E-state index contributed by atoms with van der Waals surface area (Å²) in [6.07, 6.45) is 1.94. The largest absolute Gasteiger partial charge is 0.214 e. The van der Waals surface area contributed by atoms with Crippen molar-refractivity contribution in [3.8, 4) is 6.07 Å². The van der Waals surface area contributed by atoms with Gasteiger partial charge in [0.15, 0.2) is 0 Å². The molecule has 13 heavy (non-hydrogen) atoms. The lowest BCUT2D eigenvalue weighted by Crippen LogP contribution is -2.43. The number of sulfonamides is 1. The first-order valence-electron chi connectivity index (χ1n) is 4.44. The van der Waals surface area contributed by atoms with Crippen molar-refractivity contribution in [3.63, 3.8) is 0 Å². The molecule has 1 atom stereocenters. The molecule has 1 rings (SSSR count). The normalized spacial score (nSPS) is 24.9. The molecule has 1 fully saturated rings. The van der Waals surface area contributed by atoms with E-state index in [2.05, 4.69) is 0 Å². The molecule has 0 aromatic rings. The molecule has 0 saturated carbocycles. The maximum Gasteiger partial charge on any atom is 0.214 e. The van der Waals surface area contributed by atoms with Crippen molar-refractivity contribution in [2.24, 2.45) is 0 Å². The predicted octanol–water partition coefficient (Wildman–Crippen LogP) is 0.714. The van der Waals surface area contributed by atoms with E-state index in [1.807, 2.05) is 6.07 Å². The first-order chi connectivity index (χ1) is 6.08. The molecule has 0 spiro atoms. The Balaban J connectivity index is 2.72. The molecule has 0 aliphatic carbocycles. The van der Waals surface area contributed by atoms with Crippen LogP contribution in [0.4, 0.5) is 0 Å². The van der Waals surface area contributed by atoms with Gasteiger partial charge in [-0.3, -0.25) is 0 Å². The maximum absolute atomic E-state index is 11.5. The van der Waals surface area contributed by atoms with Crippen LogP contribution in [-0.2, 0) is 10.0 Å². The Morgan fingerprint density at radius 1 is 1.54 bits per heavy atom. The van der Waals surface area contributed by atoms with Gasteiger partial charge >= 0.3 is 0 Å². The average Bonchev–Trinajstić information content (AvgIpc) is 2.03. The highest BCUT2D eigenvalue weighted by Crippen LogP contribution is 2.17. The summed E-state index contributed by atoms with van der Waals surface area (Å²) >= 11 is 0. The minimum atomic E-state index is -3.06. The summed E-state index contributed by atoms with van der Waals surface area (Å²) in [5.41, 5.74) is 0. The van der Waals surface area contributed by atoms with Crippen molar-refractivity contribution < 1.29 is 8.42 Å². The third-order valence-corrected chi connectivity index (χ3v) is 4.33. The summed E-state index contributed by atoms with van der Waals surface area (Å²) in [5, 5.41) is 8.47. The summed E-state index contributed by atoms with van der Waals surface area (Å²) < 4.78 is 24.5. The van der Waals surface area contributed by atoms with Crippen LogP contribution in [0, 0.1) is 11.3 Å².